The highest BCUT2D eigenvalue weighted by molar-refractivity contribution is 5.07. The molecule has 1 aromatic rings. The second-order valence-electron chi connectivity index (χ2n) is 5.47. The molecule has 2 atom stereocenters. The second-order valence-corrected chi connectivity index (χ2v) is 5.47. The van der Waals surface area contributed by atoms with Crippen molar-refractivity contribution in [3.05, 3.63) is 30.1 Å². The number of hydrogen-bond acceptors (Lipinski definition) is 3. The van der Waals surface area contributed by atoms with Gasteiger partial charge in [-0.05, 0) is 57.5 Å². The molecule has 0 bridgehead atoms. The third-order valence-electron chi connectivity index (χ3n) is 4.09. The van der Waals surface area contributed by atoms with E-state index in [9.17, 15) is 0 Å². The van der Waals surface area contributed by atoms with Gasteiger partial charge in [0.2, 0.25) is 0 Å². The normalized spacial score (nSPS) is 23.7. The second kappa shape index (κ2) is 6.86. The van der Waals surface area contributed by atoms with E-state index in [2.05, 4.69) is 35.4 Å². The average molecular weight is 247 g/mol. The molecule has 3 nitrogen and oxygen atoms in total. The van der Waals surface area contributed by atoms with Crippen molar-refractivity contribution < 1.29 is 0 Å². The molecule has 1 heterocycles. The van der Waals surface area contributed by atoms with Crippen LogP contribution in [0.4, 0.5) is 0 Å². The minimum atomic E-state index is 0.747. The molecule has 100 valence electrons. The molecule has 1 fully saturated rings. The molecule has 0 saturated heterocycles. The minimum Gasteiger partial charge on any atom is -0.317 e. The predicted octanol–water partition coefficient (Wildman–Crippen LogP) is 2.29. The van der Waals surface area contributed by atoms with E-state index in [0.29, 0.717) is 0 Å². The summed E-state index contributed by atoms with van der Waals surface area (Å²) in [6.07, 6.45) is 9.24. The van der Waals surface area contributed by atoms with Crippen molar-refractivity contribution in [2.24, 2.45) is 5.92 Å². The number of aromatic nitrogens is 1. The van der Waals surface area contributed by atoms with Gasteiger partial charge in [-0.25, -0.2) is 0 Å². The maximum absolute atomic E-state index is 4.16. The first-order valence-corrected chi connectivity index (χ1v) is 7.04. The van der Waals surface area contributed by atoms with Gasteiger partial charge in [0.15, 0.2) is 0 Å². The molecular formula is C15H25N3. The van der Waals surface area contributed by atoms with Crippen molar-refractivity contribution in [2.45, 2.75) is 38.3 Å². The van der Waals surface area contributed by atoms with E-state index < -0.39 is 0 Å². The highest BCUT2D eigenvalue weighted by Gasteiger charge is 2.25. The lowest BCUT2D eigenvalue weighted by atomic mass is 9.99. The van der Waals surface area contributed by atoms with Gasteiger partial charge in [0.1, 0.15) is 0 Å². The van der Waals surface area contributed by atoms with E-state index in [0.717, 1.165) is 18.5 Å². The molecule has 0 spiro atoms. The number of nitrogens with zero attached hydrogens (tertiary/aromatic N) is 2. The van der Waals surface area contributed by atoms with Crippen LogP contribution >= 0.6 is 0 Å². The first-order chi connectivity index (χ1) is 8.79. The molecule has 18 heavy (non-hydrogen) atoms. The molecule has 2 rings (SSSR count). The minimum absolute atomic E-state index is 0.747. The van der Waals surface area contributed by atoms with Crippen LogP contribution in [-0.4, -0.2) is 36.6 Å². The Morgan fingerprint density at radius 1 is 1.44 bits per heavy atom. The maximum atomic E-state index is 4.16. The molecule has 1 aromatic heterocycles. The maximum Gasteiger partial charge on any atom is 0.0312 e. The zero-order chi connectivity index (χ0) is 12.8. The average Bonchev–Trinajstić information content (AvgIpc) is 2.85. The van der Waals surface area contributed by atoms with E-state index in [1.165, 1.54) is 37.8 Å². The van der Waals surface area contributed by atoms with Crippen molar-refractivity contribution >= 4 is 0 Å². The van der Waals surface area contributed by atoms with Crippen molar-refractivity contribution in [2.75, 3.05) is 20.6 Å². The van der Waals surface area contributed by atoms with Crippen molar-refractivity contribution in [3.8, 4) is 0 Å². The fourth-order valence-corrected chi connectivity index (χ4v) is 3.03. The van der Waals surface area contributed by atoms with E-state index in [-0.39, 0.29) is 0 Å². The largest absolute Gasteiger partial charge is 0.317 e. The van der Waals surface area contributed by atoms with E-state index in [4.69, 9.17) is 0 Å². The molecule has 1 saturated carbocycles. The van der Waals surface area contributed by atoms with Gasteiger partial charge in [0.25, 0.3) is 0 Å². The molecule has 0 aliphatic heterocycles. The van der Waals surface area contributed by atoms with Crippen LogP contribution in [0.15, 0.2) is 24.5 Å². The summed E-state index contributed by atoms with van der Waals surface area (Å²) >= 11 is 0. The van der Waals surface area contributed by atoms with Crippen LogP contribution in [0.1, 0.15) is 31.2 Å². The number of hydrogen-bond donors (Lipinski definition) is 1. The van der Waals surface area contributed by atoms with Crippen LogP contribution in [0.2, 0.25) is 0 Å². The van der Waals surface area contributed by atoms with E-state index in [1.807, 2.05) is 18.5 Å². The summed E-state index contributed by atoms with van der Waals surface area (Å²) < 4.78 is 0. The quantitative estimate of drug-likeness (QED) is 0.836. The van der Waals surface area contributed by atoms with Gasteiger partial charge in [0.05, 0.1) is 0 Å². The number of rotatable bonds is 6. The van der Waals surface area contributed by atoms with Crippen LogP contribution < -0.4 is 5.32 Å². The fourth-order valence-electron chi connectivity index (χ4n) is 3.03. The van der Waals surface area contributed by atoms with Gasteiger partial charge in [0, 0.05) is 25.0 Å². The standard InChI is InChI=1S/C15H25N3/c1-16-15-7-3-6-14(15)8-10-18(2)12-13-5-4-9-17-11-13/h4-5,9,11,14-16H,3,6-8,10,12H2,1-2H3. The van der Waals surface area contributed by atoms with Crippen LogP contribution in [0.25, 0.3) is 0 Å². The molecule has 1 aliphatic rings. The van der Waals surface area contributed by atoms with Crippen molar-refractivity contribution in [3.63, 3.8) is 0 Å². The van der Waals surface area contributed by atoms with Gasteiger partial charge < -0.3 is 10.2 Å². The number of pyridine rings is 1. The number of nitrogens with one attached hydrogen (secondary N) is 1. The Kier molecular flexibility index (Phi) is 5.14. The van der Waals surface area contributed by atoms with Gasteiger partial charge in [-0.3, -0.25) is 4.98 Å². The first-order valence-electron chi connectivity index (χ1n) is 7.04. The molecule has 0 radical (unpaired) electrons. The summed E-state index contributed by atoms with van der Waals surface area (Å²) in [4.78, 5) is 6.57. The Morgan fingerprint density at radius 2 is 2.33 bits per heavy atom. The monoisotopic (exact) mass is 247 g/mol. The zero-order valence-electron chi connectivity index (χ0n) is 11.6. The van der Waals surface area contributed by atoms with E-state index in [1.54, 1.807) is 0 Å². The third-order valence-corrected chi connectivity index (χ3v) is 4.09. The van der Waals surface area contributed by atoms with Crippen molar-refractivity contribution in [1.29, 1.82) is 0 Å². The molecule has 1 N–H and O–H groups in total. The highest BCUT2D eigenvalue weighted by atomic mass is 15.1. The first kappa shape index (κ1) is 13.5. The lowest BCUT2D eigenvalue weighted by molar-refractivity contribution is 0.278. The third kappa shape index (κ3) is 3.79. The molecule has 2 unspecified atom stereocenters. The van der Waals surface area contributed by atoms with Crippen LogP contribution in [0.3, 0.4) is 0 Å². The Balaban J connectivity index is 1.73. The van der Waals surface area contributed by atoms with E-state index >= 15 is 0 Å². The molecule has 0 amide bonds. The zero-order valence-corrected chi connectivity index (χ0v) is 11.6. The summed E-state index contributed by atoms with van der Waals surface area (Å²) in [5.74, 6) is 0.867. The Labute approximate surface area is 111 Å². The fraction of sp³-hybridized carbons (Fsp3) is 0.667. The topological polar surface area (TPSA) is 28.2 Å². The summed E-state index contributed by atoms with van der Waals surface area (Å²) in [6.45, 7) is 2.18. The van der Waals surface area contributed by atoms with Gasteiger partial charge >= 0.3 is 0 Å². The summed E-state index contributed by atoms with van der Waals surface area (Å²) in [5, 5.41) is 3.46. The SMILES string of the molecule is CNC1CCCC1CCN(C)Cc1cccnc1. The summed E-state index contributed by atoms with van der Waals surface area (Å²) in [6, 6.07) is 4.91. The lowest BCUT2D eigenvalue weighted by Crippen LogP contribution is -2.31. The predicted molar refractivity (Wildman–Crippen MR) is 75.4 cm³/mol. The van der Waals surface area contributed by atoms with Crippen LogP contribution in [0, 0.1) is 5.92 Å². The summed E-state index contributed by atoms with van der Waals surface area (Å²) in [7, 11) is 4.30. The molecular weight excluding hydrogens is 222 g/mol. The van der Waals surface area contributed by atoms with Crippen molar-refractivity contribution in [1.82, 2.24) is 15.2 Å². The Hall–Kier alpha value is -0.930. The van der Waals surface area contributed by atoms with Gasteiger partial charge in [-0.2, -0.15) is 0 Å². The Morgan fingerprint density at radius 3 is 3.06 bits per heavy atom. The van der Waals surface area contributed by atoms with Crippen LogP contribution in [0.5, 0.6) is 0 Å². The van der Waals surface area contributed by atoms with Gasteiger partial charge in [-0.1, -0.05) is 12.5 Å². The summed E-state index contributed by atoms with van der Waals surface area (Å²) in [5.41, 5.74) is 1.30. The molecule has 0 aromatic carbocycles. The molecule has 3 heteroatoms. The smallest absolute Gasteiger partial charge is 0.0312 e. The lowest BCUT2D eigenvalue weighted by Gasteiger charge is -2.22. The highest BCUT2D eigenvalue weighted by Crippen LogP contribution is 2.28. The van der Waals surface area contributed by atoms with Gasteiger partial charge in [-0.15, -0.1) is 0 Å². The van der Waals surface area contributed by atoms with Crippen LogP contribution in [-0.2, 0) is 6.54 Å². The molecule has 1 aliphatic carbocycles. The Bertz CT molecular complexity index is 339.